The molecule has 0 atom stereocenters. The summed E-state index contributed by atoms with van der Waals surface area (Å²) in [4.78, 5) is 0. The summed E-state index contributed by atoms with van der Waals surface area (Å²) >= 11 is 0. The molecule has 0 bridgehead atoms. The molecule has 0 rings (SSSR count). The second-order valence-electron chi connectivity index (χ2n) is 0. The summed E-state index contributed by atoms with van der Waals surface area (Å²) in [5.74, 6) is 0. The molecular formula is C16H64No2. The van der Waals surface area contributed by atoms with Gasteiger partial charge in [-0.15, -0.1) is 0 Å². The summed E-state index contributed by atoms with van der Waals surface area (Å²) in [7, 11) is 0. The fourth-order valence-corrected chi connectivity index (χ4v) is 0. The molecule has 0 unspecified atom stereocenters. The average Bonchev–Trinajstić information content (AvgIpc) is 0. The van der Waals surface area contributed by atoms with Crippen molar-refractivity contribution in [3.05, 3.63) is 0 Å². The van der Waals surface area contributed by atoms with Gasteiger partial charge >= 0.3 is 0 Å². The van der Waals surface area contributed by atoms with Crippen LogP contribution in [0.3, 0.4) is 0 Å². The van der Waals surface area contributed by atoms with Gasteiger partial charge in [-0.3, -0.25) is 0 Å². The molecule has 0 amide bonds. The van der Waals surface area contributed by atoms with Gasteiger partial charge < -0.3 is 0 Å². The number of rotatable bonds is 0. The molecular weight excluding hydrogens is 710 g/mol. The van der Waals surface area contributed by atoms with Crippen molar-refractivity contribution in [2.45, 2.75) is 119 Å². The van der Waals surface area contributed by atoms with Crippen molar-refractivity contribution in [2.24, 2.45) is 0 Å². The van der Waals surface area contributed by atoms with E-state index in [1.54, 1.807) is 0 Å². The fraction of sp³-hybridized carbons (Fsp3) is 1.00. The van der Waals surface area contributed by atoms with Crippen LogP contribution in [0.25, 0.3) is 0 Å². The maximum Gasteiger partial charge on any atom is 0 e. The second-order valence-corrected chi connectivity index (χ2v) is 0. The molecule has 0 spiro atoms. The molecule has 0 aliphatic rings. The third kappa shape index (κ3) is 592. The van der Waals surface area contributed by atoms with Gasteiger partial charge in [0.05, 0.1) is 0 Å². The number of hydrogen-bond donors (Lipinski definition) is 0. The monoisotopic (exact) mass is 775 g/mol. The van der Waals surface area contributed by atoms with E-state index in [1.807, 2.05) is 0 Å². The smallest absolute Gasteiger partial charge is 0 e. The standard InChI is InChI=1S/16CH4.2No/h16*1H4;;. The largest absolute Gasteiger partial charge is 0.0776 e. The van der Waals surface area contributed by atoms with Crippen LogP contribution in [0.2, 0.25) is 0 Å². The Bertz CT molecular complexity index is 9.06. The van der Waals surface area contributed by atoms with Crippen LogP contribution in [0.1, 0.15) is 119 Å². The van der Waals surface area contributed by atoms with Crippen LogP contribution >= 0.6 is 0 Å². The van der Waals surface area contributed by atoms with Crippen molar-refractivity contribution in [3.63, 3.8) is 0 Å². The second kappa shape index (κ2) is 735. The Hall–Kier alpha value is -2.00. The average molecular weight is 775 g/mol. The first-order valence-corrected chi connectivity index (χ1v) is 0. The van der Waals surface area contributed by atoms with Crippen LogP contribution in [0, 0.1) is 0 Å². The minimum atomic E-state index is 0. The van der Waals surface area contributed by atoms with Gasteiger partial charge in [0.25, 0.3) is 0 Å². The van der Waals surface area contributed by atoms with Crippen LogP contribution < -0.4 is 0 Å². The van der Waals surface area contributed by atoms with Gasteiger partial charge in [0, 0.05) is 0 Å². The van der Waals surface area contributed by atoms with Crippen molar-refractivity contribution in [1.29, 1.82) is 0 Å². The summed E-state index contributed by atoms with van der Waals surface area (Å²) in [6, 6.07) is 0. The molecule has 0 aromatic heterocycles. The first-order chi connectivity index (χ1) is 0. The van der Waals surface area contributed by atoms with Gasteiger partial charge in [-0.05, 0) is 0 Å². The van der Waals surface area contributed by atoms with Gasteiger partial charge in [-0.1, -0.05) is 119 Å². The molecule has 156 valence electrons. The minimum absolute atomic E-state index is 0. The molecule has 2 heteroatoms. The van der Waals surface area contributed by atoms with Crippen LogP contribution in [-0.4, -0.2) is 0 Å². The van der Waals surface area contributed by atoms with Crippen molar-refractivity contribution in [3.8, 4) is 0 Å². The molecule has 0 aliphatic carbocycles. The van der Waals surface area contributed by atoms with Gasteiger partial charge in [-0.2, -0.15) is 0 Å². The Kier molecular flexibility index (Phi) is 36800. The topological polar surface area (TPSA) is 0 Å². The van der Waals surface area contributed by atoms with Gasteiger partial charge in [0.1, 0.15) is 0 Å². The van der Waals surface area contributed by atoms with E-state index in [9.17, 15) is 0 Å². The normalized spacial score (nSPS) is 0. The molecule has 0 aliphatic heterocycles. The molecule has 0 fully saturated rings. The summed E-state index contributed by atoms with van der Waals surface area (Å²) in [6.07, 6.45) is 0. The Labute approximate surface area is 119 Å². The molecule has 0 aromatic rings. The maximum atomic E-state index is 0. The minimum Gasteiger partial charge on any atom is -0.0776 e. The van der Waals surface area contributed by atoms with E-state index in [0.29, 0.717) is 0 Å². The van der Waals surface area contributed by atoms with Gasteiger partial charge in [0.15, 0.2) is 0 Å². The third-order valence-electron chi connectivity index (χ3n) is 0. The molecule has 0 saturated heterocycles. The fourth-order valence-electron chi connectivity index (χ4n) is 0. The Morgan fingerprint density at radius 3 is 0.111 bits per heavy atom. The van der Waals surface area contributed by atoms with Gasteiger partial charge in [-0.25, -0.2) is 0 Å². The molecule has 0 saturated carbocycles. The summed E-state index contributed by atoms with van der Waals surface area (Å²) in [5.41, 5.74) is 0. The Morgan fingerprint density at radius 1 is 0.111 bits per heavy atom. The zero-order valence-electron chi connectivity index (χ0n) is 0.535. The maximum absolute atomic E-state index is 0. The molecule has 0 N–H and O–H groups in total. The van der Waals surface area contributed by atoms with Crippen molar-refractivity contribution in [2.75, 3.05) is 0 Å². The molecule has 0 radical (unpaired) electrons. The van der Waals surface area contributed by atoms with Crippen LogP contribution in [0.15, 0.2) is 0 Å². The predicted octanol–water partition coefficient (Wildman–Crippen LogP) is 10.2. The first kappa shape index (κ1) is 900. The van der Waals surface area contributed by atoms with E-state index >= 15 is 0 Å². The zero-order chi connectivity index (χ0) is 0. The Balaban J connectivity index is 0. The van der Waals surface area contributed by atoms with E-state index < -0.39 is 0 Å². The van der Waals surface area contributed by atoms with E-state index in [0.717, 1.165) is 0 Å². The Morgan fingerprint density at radius 2 is 0.111 bits per heavy atom. The van der Waals surface area contributed by atoms with E-state index in [4.69, 9.17) is 0 Å². The zero-order valence-corrected chi connectivity index (χ0v) is 4.99. The van der Waals surface area contributed by atoms with Crippen LogP contribution in [-0.2, 0) is 0 Å². The van der Waals surface area contributed by atoms with E-state index in [2.05, 4.69) is 0 Å². The van der Waals surface area contributed by atoms with E-state index in [1.165, 1.54) is 0 Å². The summed E-state index contributed by atoms with van der Waals surface area (Å²) in [5, 5.41) is 0. The SMILES string of the molecule is C.C.C.C.C.C.C.C.C.C.C.C.C.C.C.C.[No].[No]. The number of hydrogen-bond acceptors (Lipinski definition) is 0. The molecule has 0 aromatic carbocycles. The molecule has 18 heavy (non-hydrogen) atoms. The van der Waals surface area contributed by atoms with Crippen molar-refractivity contribution >= 4 is 0 Å². The quantitative estimate of drug-likeness (QED) is 0.230. The molecule has 0 heterocycles. The summed E-state index contributed by atoms with van der Waals surface area (Å²) in [6.45, 7) is 0. The van der Waals surface area contributed by atoms with Crippen molar-refractivity contribution < 1.29 is 0 Å². The van der Waals surface area contributed by atoms with Gasteiger partial charge in [0.2, 0.25) is 0 Å². The van der Waals surface area contributed by atoms with Crippen molar-refractivity contribution in [1.82, 2.24) is 0 Å². The predicted molar refractivity (Wildman–Crippen MR) is 108 cm³/mol. The van der Waals surface area contributed by atoms with Crippen LogP contribution in [0.4, 0.5) is 0 Å². The van der Waals surface area contributed by atoms with E-state index in [-0.39, 0.29) is 119 Å². The molecule has 0 nitrogen and oxygen atoms in total. The van der Waals surface area contributed by atoms with Crippen LogP contribution in [0.5, 0.6) is 0 Å². The third-order valence-corrected chi connectivity index (χ3v) is 0. The first-order valence-electron chi connectivity index (χ1n) is 0. The summed E-state index contributed by atoms with van der Waals surface area (Å²) < 4.78 is 0.